The Bertz CT molecular complexity index is 315. The van der Waals surface area contributed by atoms with Crippen LogP contribution in [0.5, 0.6) is 0 Å². The zero-order valence-electron chi connectivity index (χ0n) is 7.02. The molecule has 0 aromatic carbocycles. The van der Waals surface area contributed by atoms with Gasteiger partial charge in [0.1, 0.15) is 0 Å². The number of nitrogens with two attached hydrogens (primary N) is 1. The summed E-state index contributed by atoms with van der Waals surface area (Å²) in [6.07, 6.45) is -2.49. The maximum atomic E-state index is 12.4. The van der Waals surface area contributed by atoms with Gasteiger partial charge >= 0.3 is 0 Å². The van der Waals surface area contributed by atoms with E-state index in [0.29, 0.717) is 15.9 Å². The lowest BCUT2D eigenvalue weighted by atomic mass is 10.2. The zero-order valence-corrected chi connectivity index (χ0v) is 8.61. The monoisotopic (exact) mass is 250 g/mol. The molecule has 13 heavy (non-hydrogen) atoms. The Morgan fingerprint density at radius 2 is 2.23 bits per heavy atom. The molecule has 0 bridgehead atoms. The van der Waals surface area contributed by atoms with Crippen molar-refractivity contribution in [3.63, 3.8) is 0 Å². The number of hydrogen-bond acceptors (Lipinski definition) is 2. The minimum atomic E-state index is -2.49. The third kappa shape index (κ3) is 2.22. The van der Waals surface area contributed by atoms with E-state index in [0.717, 1.165) is 0 Å². The molecule has 0 aliphatic rings. The normalized spacial score (nSPS) is 10.9. The van der Waals surface area contributed by atoms with Crippen LogP contribution in [0.2, 0.25) is 0 Å². The minimum Gasteiger partial charge on any atom is -0.325 e. The smallest absolute Gasteiger partial charge is 0.265 e. The molecule has 72 valence electrons. The molecule has 0 saturated carbocycles. The van der Waals surface area contributed by atoms with Gasteiger partial charge in [0.05, 0.1) is 5.69 Å². The number of aromatic nitrogens is 1. The first-order valence-electron chi connectivity index (χ1n) is 3.70. The second kappa shape index (κ2) is 4.11. The number of nitrogens with zero attached hydrogens (tertiary/aromatic N) is 1. The molecule has 2 N–H and O–H groups in total. The fourth-order valence-electron chi connectivity index (χ4n) is 1.01. The molecular formula is C8H9BrF2N2. The van der Waals surface area contributed by atoms with Crippen LogP contribution in [0.25, 0.3) is 0 Å². The standard InChI is InChI=1S/C8H9BrF2N2/c1-4-5(8(10)11)2-6(9)7(3-12)13-4/h2,8H,3,12H2,1H3. The van der Waals surface area contributed by atoms with Gasteiger partial charge in [-0.05, 0) is 28.9 Å². The molecule has 5 heteroatoms. The van der Waals surface area contributed by atoms with Crippen LogP contribution in [0.1, 0.15) is 23.4 Å². The lowest BCUT2D eigenvalue weighted by Gasteiger charge is -2.07. The van der Waals surface area contributed by atoms with Gasteiger partial charge in [-0.25, -0.2) is 8.78 Å². The Labute approximate surface area is 83.3 Å². The van der Waals surface area contributed by atoms with Crippen LogP contribution in [0, 0.1) is 6.92 Å². The van der Waals surface area contributed by atoms with Crippen LogP contribution in [-0.4, -0.2) is 4.98 Å². The summed E-state index contributed by atoms with van der Waals surface area (Å²) in [5.41, 5.74) is 6.25. The summed E-state index contributed by atoms with van der Waals surface area (Å²) in [5, 5.41) is 0. The molecule has 0 aliphatic carbocycles. The summed E-state index contributed by atoms with van der Waals surface area (Å²) in [7, 11) is 0. The van der Waals surface area contributed by atoms with Crippen LogP contribution >= 0.6 is 15.9 Å². The molecule has 0 fully saturated rings. The molecule has 1 rings (SSSR count). The van der Waals surface area contributed by atoms with Crippen molar-refractivity contribution < 1.29 is 8.78 Å². The van der Waals surface area contributed by atoms with Gasteiger partial charge in [0.15, 0.2) is 0 Å². The van der Waals surface area contributed by atoms with E-state index in [1.54, 1.807) is 6.92 Å². The van der Waals surface area contributed by atoms with E-state index < -0.39 is 6.43 Å². The highest BCUT2D eigenvalue weighted by atomic mass is 79.9. The number of alkyl halides is 2. The number of rotatable bonds is 2. The summed E-state index contributed by atoms with van der Waals surface area (Å²) in [6, 6.07) is 1.37. The minimum absolute atomic E-state index is 0.0518. The van der Waals surface area contributed by atoms with Gasteiger partial charge in [-0.1, -0.05) is 0 Å². The van der Waals surface area contributed by atoms with Crippen molar-refractivity contribution in [3.05, 3.63) is 27.5 Å². The van der Waals surface area contributed by atoms with Crippen molar-refractivity contribution >= 4 is 15.9 Å². The Hall–Kier alpha value is -0.550. The van der Waals surface area contributed by atoms with E-state index in [9.17, 15) is 8.78 Å². The number of hydrogen-bond donors (Lipinski definition) is 1. The molecular weight excluding hydrogens is 242 g/mol. The number of pyridine rings is 1. The second-order valence-corrected chi connectivity index (χ2v) is 3.45. The molecule has 0 amide bonds. The Kier molecular flexibility index (Phi) is 3.33. The van der Waals surface area contributed by atoms with Gasteiger partial charge in [0, 0.05) is 22.3 Å². The van der Waals surface area contributed by atoms with Crippen molar-refractivity contribution in [1.29, 1.82) is 0 Å². The number of aryl methyl sites for hydroxylation is 1. The van der Waals surface area contributed by atoms with Gasteiger partial charge in [-0.3, -0.25) is 4.98 Å². The first kappa shape index (κ1) is 10.5. The van der Waals surface area contributed by atoms with Gasteiger partial charge in [0.2, 0.25) is 0 Å². The molecule has 0 radical (unpaired) electrons. The fraction of sp³-hybridized carbons (Fsp3) is 0.375. The van der Waals surface area contributed by atoms with Crippen LogP contribution in [0.3, 0.4) is 0 Å². The van der Waals surface area contributed by atoms with Crippen molar-refractivity contribution in [2.24, 2.45) is 5.73 Å². The van der Waals surface area contributed by atoms with Gasteiger partial charge in [-0.2, -0.15) is 0 Å². The van der Waals surface area contributed by atoms with E-state index in [1.165, 1.54) is 6.07 Å². The van der Waals surface area contributed by atoms with E-state index >= 15 is 0 Å². The highest BCUT2D eigenvalue weighted by Crippen LogP contribution is 2.26. The van der Waals surface area contributed by atoms with Crippen LogP contribution < -0.4 is 5.73 Å². The molecule has 0 saturated heterocycles. The molecule has 0 spiro atoms. The summed E-state index contributed by atoms with van der Waals surface area (Å²) in [5.74, 6) is 0. The first-order chi connectivity index (χ1) is 6.06. The molecule has 1 heterocycles. The molecule has 1 aromatic heterocycles. The van der Waals surface area contributed by atoms with Crippen LogP contribution in [0.4, 0.5) is 8.78 Å². The molecule has 0 atom stereocenters. The van der Waals surface area contributed by atoms with Gasteiger partial charge in [-0.15, -0.1) is 0 Å². The average molecular weight is 251 g/mol. The highest BCUT2D eigenvalue weighted by Gasteiger charge is 2.13. The van der Waals surface area contributed by atoms with Gasteiger partial charge in [0.25, 0.3) is 6.43 Å². The molecule has 0 unspecified atom stereocenters. The summed E-state index contributed by atoms with van der Waals surface area (Å²) >= 11 is 3.13. The predicted molar refractivity (Wildman–Crippen MR) is 49.5 cm³/mol. The van der Waals surface area contributed by atoms with E-state index in [2.05, 4.69) is 20.9 Å². The second-order valence-electron chi connectivity index (χ2n) is 2.60. The maximum absolute atomic E-state index is 12.4. The number of halogens is 3. The third-order valence-corrected chi connectivity index (χ3v) is 2.39. The predicted octanol–water partition coefficient (Wildman–Crippen LogP) is 2.55. The van der Waals surface area contributed by atoms with E-state index in [1.807, 2.05) is 0 Å². The molecule has 1 aromatic rings. The van der Waals surface area contributed by atoms with E-state index in [4.69, 9.17) is 5.73 Å². The molecule has 0 aliphatic heterocycles. The summed E-state index contributed by atoms with van der Waals surface area (Å²) in [6.45, 7) is 1.79. The van der Waals surface area contributed by atoms with Crippen molar-refractivity contribution in [1.82, 2.24) is 4.98 Å². The highest BCUT2D eigenvalue weighted by molar-refractivity contribution is 9.10. The Balaban J connectivity index is 3.20. The van der Waals surface area contributed by atoms with Crippen molar-refractivity contribution in [2.45, 2.75) is 19.9 Å². The summed E-state index contributed by atoms with van der Waals surface area (Å²) in [4.78, 5) is 3.96. The van der Waals surface area contributed by atoms with E-state index in [-0.39, 0.29) is 12.1 Å². The topological polar surface area (TPSA) is 38.9 Å². The van der Waals surface area contributed by atoms with Crippen molar-refractivity contribution in [3.8, 4) is 0 Å². The zero-order chi connectivity index (χ0) is 10.0. The average Bonchev–Trinajstić information content (AvgIpc) is 2.07. The maximum Gasteiger partial charge on any atom is 0.265 e. The van der Waals surface area contributed by atoms with Gasteiger partial charge < -0.3 is 5.73 Å². The van der Waals surface area contributed by atoms with Crippen LogP contribution in [-0.2, 0) is 6.54 Å². The largest absolute Gasteiger partial charge is 0.325 e. The lowest BCUT2D eigenvalue weighted by molar-refractivity contribution is 0.150. The molecule has 2 nitrogen and oxygen atoms in total. The Morgan fingerprint density at radius 3 is 2.69 bits per heavy atom. The van der Waals surface area contributed by atoms with Crippen molar-refractivity contribution in [2.75, 3.05) is 0 Å². The quantitative estimate of drug-likeness (QED) is 0.877. The van der Waals surface area contributed by atoms with Crippen LogP contribution in [0.15, 0.2) is 10.5 Å². The fourth-order valence-corrected chi connectivity index (χ4v) is 1.51. The SMILES string of the molecule is Cc1nc(CN)c(Br)cc1C(F)F. The third-order valence-electron chi connectivity index (χ3n) is 1.71. The first-order valence-corrected chi connectivity index (χ1v) is 4.49. The lowest BCUT2D eigenvalue weighted by Crippen LogP contribution is -2.04. The Morgan fingerprint density at radius 1 is 1.62 bits per heavy atom. The summed E-state index contributed by atoms with van der Waals surface area (Å²) < 4.78 is 25.2.